The van der Waals surface area contributed by atoms with Gasteiger partial charge in [0.25, 0.3) is 0 Å². The lowest BCUT2D eigenvalue weighted by Crippen LogP contribution is -2.45. The lowest BCUT2D eigenvalue weighted by molar-refractivity contribution is -0.140. The van der Waals surface area contributed by atoms with Gasteiger partial charge in [0.15, 0.2) is 0 Å². The number of hydrogen-bond acceptors (Lipinski definition) is 2. The number of benzene rings is 2. The van der Waals surface area contributed by atoms with Crippen LogP contribution in [-0.4, -0.2) is 38.8 Å². The molecule has 33 heavy (non-hydrogen) atoms. The number of aryl methyl sites for hydroxylation is 1. The predicted molar refractivity (Wildman–Crippen MR) is 133 cm³/mol. The smallest absolute Gasteiger partial charge is 0.247 e. The zero-order chi connectivity index (χ0) is 23.6. The van der Waals surface area contributed by atoms with Gasteiger partial charge in [-0.05, 0) is 42.7 Å². The Morgan fingerprint density at radius 2 is 1.61 bits per heavy atom. The molecule has 2 aromatic carbocycles. The van der Waals surface area contributed by atoms with E-state index in [9.17, 15) is 9.59 Å². The molecular weight excluding hydrogens is 410 g/mol. The van der Waals surface area contributed by atoms with Gasteiger partial charge in [-0.3, -0.25) is 9.59 Å². The quantitative estimate of drug-likeness (QED) is 0.419. The van der Waals surface area contributed by atoms with Crippen molar-refractivity contribution in [2.45, 2.75) is 39.4 Å². The van der Waals surface area contributed by atoms with Crippen molar-refractivity contribution in [1.82, 2.24) is 14.4 Å². The van der Waals surface area contributed by atoms with E-state index in [1.54, 1.807) is 17.1 Å². The van der Waals surface area contributed by atoms with Crippen LogP contribution in [0.15, 0.2) is 85.1 Å². The minimum atomic E-state index is -0.153. The topological polar surface area (TPSA) is 45.6 Å². The molecule has 1 unspecified atom stereocenters. The maximum Gasteiger partial charge on any atom is 0.247 e. The van der Waals surface area contributed by atoms with E-state index in [1.165, 1.54) is 0 Å². The van der Waals surface area contributed by atoms with Gasteiger partial charge in [0.1, 0.15) is 6.54 Å². The number of amides is 2. The van der Waals surface area contributed by atoms with E-state index in [2.05, 4.69) is 0 Å². The maximum atomic E-state index is 13.5. The Bertz CT molecular complexity index is 1060. The third-order valence-electron chi connectivity index (χ3n) is 5.90. The molecule has 5 heteroatoms. The molecule has 0 aliphatic heterocycles. The SMILES string of the molecule is CCC(C)N(CC(=O)N(Cc1ccccc1)Cc1cccn1C)C(=O)C=Cc1ccccc1. The zero-order valence-corrected chi connectivity index (χ0v) is 19.7. The monoisotopic (exact) mass is 443 g/mol. The molecule has 1 atom stereocenters. The third-order valence-corrected chi connectivity index (χ3v) is 5.90. The number of aromatic nitrogens is 1. The minimum absolute atomic E-state index is 0.0458. The van der Waals surface area contributed by atoms with Crippen molar-refractivity contribution in [2.75, 3.05) is 6.54 Å². The number of carbonyl (C=O) groups excluding carboxylic acids is 2. The molecule has 0 bridgehead atoms. The van der Waals surface area contributed by atoms with Crippen molar-refractivity contribution in [3.63, 3.8) is 0 Å². The third kappa shape index (κ3) is 6.94. The molecule has 0 aliphatic rings. The zero-order valence-electron chi connectivity index (χ0n) is 19.7. The van der Waals surface area contributed by atoms with Crippen LogP contribution < -0.4 is 0 Å². The van der Waals surface area contributed by atoms with Gasteiger partial charge >= 0.3 is 0 Å². The van der Waals surface area contributed by atoms with Gasteiger partial charge in [-0.2, -0.15) is 0 Å². The fourth-order valence-corrected chi connectivity index (χ4v) is 3.64. The van der Waals surface area contributed by atoms with Crippen LogP contribution in [0, 0.1) is 0 Å². The van der Waals surface area contributed by atoms with Crippen LogP contribution in [0.3, 0.4) is 0 Å². The second-order valence-corrected chi connectivity index (χ2v) is 8.31. The second kappa shape index (κ2) is 11.9. The molecule has 3 aromatic rings. The van der Waals surface area contributed by atoms with E-state index in [0.29, 0.717) is 13.1 Å². The highest BCUT2D eigenvalue weighted by Crippen LogP contribution is 2.14. The van der Waals surface area contributed by atoms with Crippen molar-refractivity contribution >= 4 is 17.9 Å². The largest absolute Gasteiger partial charge is 0.353 e. The summed E-state index contributed by atoms with van der Waals surface area (Å²) in [6.07, 6.45) is 6.11. The minimum Gasteiger partial charge on any atom is -0.353 e. The summed E-state index contributed by atoms with van der Waals surface area (Å²) >= 11 is 0. The molecule has 3 rings (SSSR count). The first-order valence-corrected chi connectivity index (χ1v) is 11.4. The first kappa shape index (κ1) is 24.1. The predicted octanol–water partition coefficient (Wildman–Crippen LogP) is 4.89. The van der Waals surface area contributed by atoms with Gasteiger partial charge in [0, 0.05) is 37.6 Å². The van der Waals surface area contributed by atoms with Crippen molar-refractivity contribution in [1.29, 1.82) is 0 Å². The Labute approximate surface area is 196 Å². The van der Waals surface area contributed by atoms with Crippen molar-refractivity contribution in [3.8, 4) is 0 Å². The van der Waals surface area contributed by atoms with E-state index in [-0.39, 0.29) is 24.4 Å². The number of hydrogen-bond donors (Lipinski definition) is 0. The van der Waals surface area contributed by atoms with E-state index >= 15 is 0 Å². The fourth-order valence-electron chi connectivity index (χ4n) is 3.64. The average Bonchev–Trinajstić information content (AvgIpc) is 3.25. The molecule has 0 saturated carbocycles. The summed E-state index contributed by atoms with van der Waals surface area (Å²) < 4.78 is 2.02. The number of carbonyl (C=O) groups is 2. The Morgan fingerprint density at radius 1 is 0.939 bits per heavy atom. The molecule has 5 nitrogen and oxygen atoms in total. The standard InChI is InChI=1S/C28H33N3O2/c1-4-23(2)31(27(32)18-17-24-12-7-5-8-13-24)22-28(33)30(20-25-14-9-6-10-15-25)21-26-16-11-19-29(26)3/h5-19,23H,4,20-22H2,1-3H3. The summed E-state index contributed by atoms with van der Waals surface area (Å²) in [6, 6.07) is 23.6. The lowest BCUT2D eigenvalue weighted by atomic mass is 10.1. The molecule has 0 spiro atoms. The number of rotatable bonds is 10. The maximum absolute atomic E-state index is 13.5. The Morgan fingerprint density at radius 3 is 2.21 bits per heavy atom. The second-order valence-electron chi connectivity index (χ2n) is 8.31. The van der Waals surface area contributed by atoms with Crippen LogP contribution in [0.2, 0.25) is 0 Å². The van der Waals surface area contributed by atoms with E-state index < -0.39 is 0 Å². The Balaban J connectivity index is 1.78. The molecule has 1 heterocycles. The molecule has 0 saturated heterocycles. The molecule has 172 valence electrons. The van der Waals surface area contributed by atoms with Gasteiger partial charge < -0.3 is 14.4 Å². The van der Waals surface area contributed by atoms with Crippen molar-refractivity contribution in [2.24, 2.45) is 7.05 Å². The summed E-state index contributed by atoms with van der Waals surface area (Å²) in [4.78, 5) is 30.1. The summed E-state index contributed by atoms with van der Waals surface area (Å²) in [5.41, 5.74) is 3.06. The molecule has 0 aliphatic carbocycles. The van der Waals surface area contributed by atoms with Crippen LogP contribution in [0.25, 0.3) is 6.08 Å². The Hall–Kier alpha value is -3.60. The van der Waals surface area contributed by atoms with Gasteiger partial charge in [0.2, 0.25) is 11.8 Å². The van der Waals surface area contributed by atoms with Gasteiger partial charge in [-0.25, -0.2) is 0 Å². The van der Waals surface area contributed by atoms with Crippen LogP contribution in [0.5, 0.6) is 0 Å². The van der Waals surface area contributed by atoms with Crippen molar-refractivity contribution < 1.29 is 9.59 Å². The van der Waals surface area contributed by atoms with Gasteiger partial charge in [-0.1, -0.05) is 67.6 Å². The van der Waals surface area contributed by atoms with Crippen LogP contribution >= 0.6 is 0 Å². The fraction of sp³-hybridized carbons (Fsp3) is 0.286. The molecule has 0 radical (unpaired) electrons. The normalized spacial score (nSPS) is 12.0. The molecular formula is C28H33N3O2. The van der Waals surface area contributed by atoms with E-state index in [4.69, 9.17) is 0 Å². The first-order chi connectivity index (χ1) is 16.0. The molecule has 0 fully saturated rings. The highest BCUT2D eigenvalue weighted by Gasteiger charge is 2.24. The first-order valence-electron chi connectivity index (χ1n) is 11.4. The van der Waals surface area contributed by atoms with E-state index in [1.807, 2.05) is 109 Å². The molecule has 2 amide bonds. The van der Waals surface area contributed by atoms with Gasteiger partial charge in [0.05, 0.1) is 6.54 Å². The van der Waals surface area contributed by atoms with Gasteiger partial charge in [-0.15, -0.1) is 0 Å². The van der Waals surface area contributed by atoms with Crippen molar-refractivity contribution in [3.05, 3.63) is 102 Å². The van der Waals surface area contributed by atoms with Crippen LogP contribution in [0.1, 0.15) is 37.1 Å². The summed E-state index contributed by atoms with van der Waals surface area (Å²) in [6.45, 7) is 5.04. The van der Waals surface area contributed by atoms with E-state index in [0.717, 1.165) is 23.2 Å². The number of nitrogens with zero attached hydrogens (tertiary/aromatic N) is 3. The molecule has 0 N–H and O–H groups in total. The Kier molecular flexibility index (Phi) is 8.64. The highest BCUT2D eigenvalue weighted by molar-refractivity contribution is 5.94. The van der Waals surface area contributed by atoms with Crippen LogP contribution in [0.4, 0.5) is 0 Å². The lowest BCUT2D eigenvalue weighted by Gasteiger charge is -2.31. The summed E-state index contributed by atoms with van der Waals surface area (Å²) in [5, 5.41) is 0. The highest BCUT2D eigenvalue weighted by atomic mass is 16.2. The summed E-state index contributed by atoms with van der Waals surface area (Å²) in [5.74, 6) is -0.220. The molecule has 1 aromatic heterocycles. The summed E-state index contributed by atoms with van der Waals surface area (Å²) in [7, 11) is 1.98. The van der Waals surface area contributed by atoms with Crippen LogP contribution in [-0.2, 0) is 29.7 Å². The average molecular weight is 444 g/mol.